The van der Waals surface area contributed by atoms with Gasteiger partial charge in [0.15, 0.2) is 0 Å². The first-order valence-corrected chi connectivity index (χ1v) is 6.03. The average molecular weight is 200 g/mol. The lowest BCUT2D eigenvalue weighted by Crippen LogP contribution is -2.32. The van der Waals surface area contributed by atoms with Crippen molar-refractivity contribution in [2.45, 2.75) is 58.5 Å². The standard InChI is InChI=1S/C12H28N2/c1-6-12(7-2)14(5)10-8-9-11(3)13-4/h11-13H,6-10H2,1-5H3. The Morgan fingerprint density at radius 1 is 1.21 bits per heavy atom. The van der Waals surface area contributed by atoms with Gasteiger partial charge in [-0.1, -0.05) is 13.8 Å². The summed E-state index contributed by atoms with van der Waals surface area (Å²) in [5.74, 6) is 0. The smallest absolute Gasteiger partial charge is 0.00869 e. The van der Waals surface area contributed by atoms with Gasteiger partial charge in [-0.05, 0) is 53.2 Å². The fourth-order valence-corrected chi connectivity index (χ4v) is 1.89. The highest BCUT2D eigenvalue weighted by molar-refractivity contribution is 4.66. The third-order valence-electron chi connectivity index (χ3n) is 3.21. The van der Waals surface area contributed by atoms with Crippen molar-refractivity contribution >= 4 is 0 Å². The molecule has 2 heteroatoms. The second kappa shape index (κ2) is 8.25. The van der Waals surface area contributed by atoms with Crippen LogP contribution in [0.15, 0.2) is 0 Å². The average Bonchev–Trinajstić information content (AvgIpc) is 2.19. The van der Waals surface area contributed by atoms with E-state index < -0.39 is 0 Å². The van der Waals surface area contributed by atoms with Crippen molar-refractivity contribution in [1.29, 1.82) is 0 Å². The van der Waals surface area contributed by atoms with E-state index in [1.807, 2.05) is 7.05 Å². The molecule has 0 saturated heterocycles. The first kappa shape index (κ1) is 13.9. The van der Waals surface area contributed by atoms with Crippen molar-refractivity contribution in [3.05, 3.63) is 0 Å². The molecular formula is C12H28N2. The van der Waals surface area contributed by atoms with Gasteiger partial charge < -0.3 is 10.2 Å². The molecule has 0 aliphatic rings. The van der Waals surface area contributed by atoms with Crippen LogP contribution in [-0.2, 0) is 0 Å². The first-order chi connectivity index (χ1) is 6.65. The summed E-state index contributed by atoms with van der Waals surface area (Å²) in [6.07, 6.45) is 5.12. The molecular weight excluding hydrogens is 172 g/mol. The van der Waals surface area contributed by atoms with E-state index in [1.54, 1.807) is 0 Å². The molecule has 0 rings (SSSR count). The van der Waals surface area contributed by atoms with Crippen LogP contribution in [0, 0.1) is 0 Å². The highest BCUT2D eigenvalue weighted by Gasteiger charge is 2.09. The summed E-state index contributed by atoms with van der Waals surface area (Å²) >= 11 is 0. The van der Waals surface area contributed by atoms with E-state index in [-0.39, 0.29) is 0 Å². The van der Waals surface area contributed by atoms with Gasteiger partial charge in [0, 0.05) is 12.1 Å². The molecule has 0 aromatic heterocycles. The SMILES string of the molecule is CCC(CC)N(C)CCCC(C)NC. The molecule has 0 fully saturated rings. The summed E-state index contributed by atoms with van der Waals surface area (Å²) < 4.78 is 0. The Morgan fingerprint density at radius 3 is 2.21 bits per heavy atom. The van der Waals surface area contributed by atoms with Crippen molar-refractivity contribution in [3.63, 3.8) is 0 Å². The maximum atomic E-state index is 3.28. The van der Waals surface area contributed by atoms with Crippen molar-refractivity contribution < 1.29 is 0 Å². The van der Waals surface area contributed by atoms with Gasteiger partial charge in [0.25, 0.3) is 0 Å². The summed E-state index contributed by atoms with van der Waals surface area (Å²) in [6, 6.07) is 1.44. The van der Waals surface area contributed by atoms with Crippen LogP contribution in [0.25, 0.3) is 0 Å². The fraction of sp³-hybridized carbons (Fsp3) is 1.00. The van der Waals surface area contributed by atoms with Gasteiger partial charge in [-0.2, -0.15) is 0 Å². The van der Waals surface area contributed by atoms with Crippen LogP contribution in [0.4, 0.5) is 0 Å². The van der Waals surface area contributed by atoms with Crippen LogP contribution < -0.4 is 5.32 Å². The Labute approximate surface area is 90.1 Å². The summed E-state index contributed by atoms with van der Waals surface area (Å²) in [4.78, 5) is 2.50. The van der Waals surface area contributed by atoms with E-state index in [0.29, 0.717) is 6.04 Å². The van der Waals surface area contributed by atoms with E-state index in [4.69, 9.17) is 0 Å². The Balaban J connectivity index is 3.56. The third kappa shape index (κ3) is 5.61. The molecule has 86 valence electrons. The minimum Gasteiger partial charge on any atom is -0.317 e. The molecule has 1 unspecified atom stereocenters. The lowest BCUT2D eigenvalue weighted by Gasteiger charge is -2.26. The number of nitrogens with one attached hydrogen (secondary N) is 1. The van der Waals surface area contributed by atoms with Gasteiger partial charge in [-0.3, -0.25) is 0 Å². The zero-order chi connectivity index (χ0) is 11.0. The molecule has 0 bridgehead atoms. The molecule has 0 saturated carbocycles. The van der Waals surface area contributed by atoms with Crippen molar-refractivity contribution in [3.8, 4) is 0 Å². The van der Waals surface area contributed by atoms with Crippen LogP contribution in [0.5, 0.6) is 0 Å². The van der Waals surface area contributed by atoms with Crippen LogP contribution in [0.1, 0.15) is 46.5 Å². The molecule has 0 aliphatic heterocycles. The second-order valence-corrected chi connectivity index (χ2v) is 4.28. The van der Waals surface area contributed by atoms with Crippen molar-refractivity contribution in [2.75, 3.05) is 20.6 Å². The Bertz CT molecular complexity index is 121. The maximum Gasteiger partial charge on any atom is 0.00869 e. The monoisotopic (exact) mass is 200 g/mol. The van der Waals surface area contributed by atoms with E-state index in [9.17, 15) is 0 Å². The Morgan fingerprint density at radius 2 is 1.79 bits per heavy atom. The fourth-order valence-electron chi connectivity index (χ4n) is 1.89. The van der Waals surface area contributed by atoms with Gasteiger partial charge in [0.1, 0.15) is 0 Å². The van der Waals surface area contributed by atoms with E-state index in [0.717, 1.165) is 6.04 Å². The predicted octanol–water partition coefficient (Wildman–Crippen LogP) is 2.49. The highest BCUT2D eigenvalue weighted by Crippen LogP contribution is 2.07. The molecule has 1 N–H and O–H groups in total. The number of rotatable bonds is 8. The van der Waals surface area contributed by atoms with E-state index >= 15 is 0 Å². The summed E-state index contributed by atoms with van der Waals surface area (Å²) in [5.41, 5.74) is 0. The molecule has 0 aromatic rings. The van der Waals surface area contributed by atoms with Crippen LogP contribution in [0.3, 0.4) is 0 Å². The minimum atomic E-state index is 0.658. The van der Waals surface area contributed by atoms with Gasteiger partial charge in [-0.25, -0.2) is 0 Å². The lowest BCUT2D eigenvalue weighted by molar-refractivity contribution is 0.223. The van der Waals surface area contributed by atoms with Crippen LogP contribution >= 0.6 is 0 Å². The third-order valence-corrected chi connectivity index (χ3v) is 3.21. The predicted molar refractivity (Wildman–Crippen MR) is 64.8 cm³/mol. The maximum absolute atomic E-state index is 3.28. The van der Waals surface area contributed by atoms with Crippen molar-refractivity contribution in [2.24, 2.45) is 0 Å². The summed E-state index contributed by atoms with van der Waals surface area (Å²) in [6.45, 7) is 8.04. The van der Waals surface area contributed by atoms with Gasteiger partial charge in [0.05, 0.1) is 0 Å². The van der Waals surface area contributed by atoms with Gasteiger partial charge in [-0.15, -0.1) is 0 Å². The molecule has 1 atom stereocenters. The van der Waals surface area contributed by atoms with Crippen LogP contribution in [-0.4, -0.2) is 37.6 Å². The first-order valence-electron chi connectivity index (χ1n) is 6.03. The van der Waals surface area contributed by atoms with Gasteiger partial charge in [0.2, 0.25) is 0 Å². The zero-order valence-corrected chi connectivity index (χ0v) is 10.6. The van der Waals surface area contributed by atoms with Crippen molar-refractivity contribution in [1.82, 2.24) is 10.2 Å². The summed E-state index contributed by atoms with van der Waals surface area (Å²) in [7, 11) is 4.29. The highest BCUT2D eigenvalue weighted by atomic mass is 15.1. The molecule has 0 aromatic carbocycles. The second-order valence-electron chi connectivity index (χ2n) is 4.28. The molecule has 2 nitrogen and oxygen atoms in total. The molecule has 0 spiro atoms. The number of nitrogens with zero attached hydrogens (tertiary/aromatic N) is 1. The summed E-state index contributed by atoms with van der Waals surface area (Å²) in [5, 5.41) is 3.28. The Kier molecular flexibility index (Phi) is 8.20. The molecule has 14 heavy (non-hydrogen) atoms. The van der Waals surface area contributed by atoms with Gasteiger partial charge >= 0.3 is 0 Å². The minimum absolute atomic E-state index is 0.658. The largest absolute Gasteiger partial charge is 0.317 e. The van der Waals surface area contributed by atoms with E-state index in [1.165, 1.54) is 32.2 Å². The molecule has 0 heterocycles. The molecule has 0 aliphatic carbocycles. The zero-order valence-electron chi connectivity index (χ0n) is 10.6. The lowest BCUT2D eigenvalue weighted by atomic mass is 10.1. The number of hydrogen-bond acceptors (Lipinski definition) is 2. The number of hydrogen-bond donors (Lipinski definition) is 1. The topological polar surface area (TPSA) is 15.3 Å². The van der Waals surface area contributed by atoms with Crippen LogP contribution in [0.2, 0.25) is 0 Å². The quantitative estimate of drug-likeness (QED) is 0.647. The molecule has 0 amide bonds. The Hall–Kier alpha value is -0.0800. The van der Waals surface area contributed by atoms with E-state index in [2.05, 4.69) is 38.0 Å². The normalized spacial score (nSPS) is 13.9. The molecule has 0 radical (unpaired) electrons.